The minimum atomic E-state index is -1.07. The molecule has 1 aromatic rings. The van der Waals surface area contributed by atoms with Crippen LogP contribution in [-0.4, -0.2) is 35.9 Å². The molecule has 0 aliphatic rings. The van der Waals surface area contributed by atoms with Gasteiger partial charge in [-0.1, -0.05) is 31.4 Å². The first kappa shape index (κ1) is 20.0. The van der Waals surface area contributed by atoms with Crippen molar-refractivity contribution in [3.8, 4) is 5.75 Å². The number of hydrogen-bond donors (Lipinski definition) is 2. The van der Waals surface area contributed by atoms with Crippen LogP contribution in [0.3, 0.4) is 0 Å². The molecule has 0 saturated heterocycles. The Morgan fingerprint density at radius 1 is 1.29 bits per heavy atom. The second-order valence-electron chi connectivity index (χ2n) is 5.37. The number of hydrogen-bond acceptors (Lipinski definition) is 4. The lowest BCUT2D eigenvalue weighted by atomic mass is 10.0. The first-order valence-corrected chi connectivity index (χ1v) is 8.15. The van der Waals surface area contributed by atoms with Crippen LogP contribution in [0.4, 0.5) is 0 Å². The Morgan fingerprint density at radius 2 is 2.00 bits per heavy atom. The fourth-order valence-corrected chi connectivity index (χ4v) is 2.36. The van der Waals surface area contributed by atoms with E-state index in [0.717, 1.165) is 6.42 Å². The van der Waals surface area contributed by atoms with Crippen molar-refractivity contribution in [3.63, 3.8) is 0 Å². The van der Waals surface area contributed by atoms with E-state index in [1.165, 1.54) is 13.2 Å². The Labute approximate surface area is 146 Å². The van der Waals surface area contributed by atoms with Crippen molar-refractivity contribution in [3.05, 3.63) is 28.8 Å². The van der Waals surface area contributed by atoms with E-state index in [1.807, 2.05) is 6.92 Å². The van der Waals surface area contributed by atoms with Crippen molar-refractivity contribution < 1.29 is 24.2 Å². The number of unbranched alkanes of at least 4 members (excludes halogenated alkanes) is 1. The maximum absolute atomic E-state index is 12.2. The topological polar surface area (TPSA) is 92.7 Å². The fourth-order valence-electron chi connectivity index (χ4n) is 2.19. The average molecular weight is 356 g/mol. The third-order valence-corrected chi connectivity index (χ3v) is 3.76. The smallest absolute Gasteiger partial charge is 0.326 e. The molecule has 0 radical (unpaired) electrons. The number of Topliss-reactive ketones (excluding diaryl/α,β-unsaturated/α-hetero) is 1. The first-order chi connectivity index (χ1) is 11.4. The lowest BCUT2D eigenvalue weighted by Crippen LogP contribution is -2.40. The van der Waals surface area contributed by atoms with Crippen LogP contribution in [0.1, 0.15) is 49.4 Å². The SMILES string of the molecule is CCCCC(NC(=O)CCC(=O)c1cc(Cl)ccc1OC)C(=O)O. The lowest BCUT2D eigenvalue weighted by Gasteiger charge is -2.14. The molecule has 0 aliphatic heterocycles. The molecule has 1 amide bonds. The largest absolute Gasteiger partial charge is 0.496 e. The van der Waals surface area contributed by atoms with Gasteiger partial charge in [-0.3, -0.25) is 9.59 Å². The van der Waals surface area contributed by atoms with E-state index in [2.05, 4.69) is 5.32 Å². The van der Waals surface area contributed by atoms with Gasteiger partial charge >= 0.3 is 5.97 Å². The van der Waals surface area contributed by atoms with Crippen LogP contribution in [0.25, 0.3) is 0 Å². The third-order valence-electron chi connectivity index (χ3n) is 3.52. The molecule has 6 nitrogen and oxygen atoms in total. The minimum absolute atomic E-state index is 0.0529. The third kappa shape index (κ3) is 6.20. The number of amides is 1. The molecule has 1 atom stereocenters. The highest BCUT2D eigenvalue weighted by atomic mass is 35.5. The number of carboxylic acids is 1. The summed E-state index contributed by atoms with van der Waals surface area (Å²) in [6.45, 7) is 1.94. The number of aliphatic carboxylic acids is 1. The molecule has 0 aliphatic carbocycles. The molecule has 132 valence electrons. The molecule has 1 rings (SSSR count). The summed E-state index contributed by atoms with van der Waals surface area (Å²) in [7, 11) is 1.44. The van der Waals surface area contributed by atoms with Gasteiger partial charge in [0.1, 0.15) is 11.8 Å². The van der Waals surface area contributed by atoms with Gasteiger partial charge in [0.05, 0.1) is 12.7 Å². The van der Waals surface area contributed by atoms with Crippen molar-refractivity contribution in [2.24, 2.45) is 0 Å². The van der Waals surface area contributed by atoms with Gasteiger partial charge in [-0.25, -0.2) is 4.79 Å². The predicted molar refractivity (Wildman–Crippen MR) is 90.7 cm³/mol. The van der Waals surface area contributed by atoms with Crippen LogP contribution in [0.5, 0.6) is 5.75 Å². The monoisotopic (exact) mass is 355 g/mol. The number of halogens is 1. The summed E-state index contributed by atoms with van der Waals surface area (Å²) in [5.74, 6) is -1.44. The highest BCUT2D eigenvalue weighted by molar-refractivity contribution is 6.31. The molecule has 1 aromatic carbocycles. The summed E-state index contributed by atoms with van der Waals surface area (Å²) < 4.78 is 5.11. The summed E-state index contributed by atoms with van der Waals surface area (Å²) in [5.41, 5.74) is 0.304. The van der Waals surface area contributed by atoms with Crippen molar-refractivity contribution in [1.29, 1.82) is 0 Å². The first-order valence-electron chi connectivity index (χ1n) is 7.78. The number of carbonyl (C=O) groups excluding carboxylic acids is 2. The Kier molecular flexibility index (Phi) is 8.26. The number of ether oxygens (including phenoxy) is 1. The Bertz CT molecular complexity index is 603. The van der Waals surface area contributed by atoms with Crippen LogP contribution >= 0.6 is 11.6 Å². The van der Waals surface area contributed by atoms with E-state index in [4.69, 9.17) is 21.4 Å². The van der Waals surface area contributed by atoms with Gasteiger partial charge in [0.2, 0.25) is 5.91 Å². The molecule has 0 spiro atoms. The normalized spacial score (nSPS) is 11.6. The molecule has 2 N–H and O–H groups in total. The molecule has 24 heavy (non-hydrogen) atoms. The molecule has 0 fully saturated rings. The van der Waals surface area contributed by atoms with Gasteiger partial charge in [-0.05, 0) is 24.6 Å². The van der Waals surface area contributed by atoms with Gasteiger partial charge < -0.3 is 15.2 Å². The van der Waals surface area contributed by atoms with E-state index in [0.29, 0.717) is 29.2 Å². The molecule has 0 aromatic heterocycles. The molecule has 0 saturated carbocycles. The second kappa shape index (κ2) is 9.93. The van der Waals surface area contributed by atoms with Crippen LogP contribution in [0.15, 0.2) is 18.2 Å². The molecule has 7 heteroatoms. The number of methoxy groups -OCH3 is 1. The van der Waals surface area contributed by atoms with E-state index < -0.39 is 17.9 Å². The van der Waals surface area contributed by atoms with E-state index >= 15 is 0 Å². The van der Waals surface area contributed by atoms with E-state index in [1.54, 1.807) is 12.1 Å². The van der Waals surface area contributed by atoms with Gasteiger partial charge in [0.25, 0.3) is 0 Å². The Hall–Kier alpha value is -2.08. The summed E-state index contributed by atoms with van der Waals surface area (Å²) >= 11 is 5.88. The van der Waals surface area contributed by atoms with E-state index in [-0.39, 0.29) is 18.6 Å². The zero-order valence-electron chi connectivity index (χ0n) is 13.8. The van der Waals surface area contributed by atoms with Gasteiger partial charge in [-0.2, -0.15) is 0 Å². The fraction of sp³-hybridized carbons (Fsp3) is 0.471. The molecular formula is C17H22ClNO5. The van der Waals surface area contributed by atoms with Crippen LogP contribution in [0.2, 0.25) is 5.02 Å². The zero-order chi connectivity index (χ0) is 18.1. The number of carboxylic acid groups (broad SMARTS) is 1. The number of ketones is 1. The number of nitrogens with one attached hydrogen (secondary N) is 1. The highest BCUT2D eigenvalue weighted by Gasteiger charge is 2.20. The van der Waals surface area contributed by atoms with Crippen LogP contribution in [0, 0.1) is 0 Å². The number of rotatable bonds is 10. The van der Waals surface area contributed by atoms with E-state index in [9.17, 15) is 14.4 Å². The van der Waals surface area contributed by atoms with Gasteiger partial charge in [-0.15, -0.1) is 0 Å². The predicted octanol–water partition coefficient (Wildman–Crippen LogP) is 3.07. The maximum Gasteiger partial charge on any atom is 0.326 e. The zero-order valence-corrected chi connectivity index (χ0v) is 14.6. The molecule has 1 unspecified atom stereocenters. The summed E-state index contributed by atoms with van der Waals surface area (Å²) in [6, 6.07) is 3.76. The van der Waals surface area contributed by atoms with Crippen LogP contribution in [-0.2, 0) is 9.59 Å². The van der Waals surface area contributed by atoms with Crippen molar-refractivity contribution in [2.75, 3.05) is 7.11 Å². The quantitative estimate of drug-likeness (QED) is 0.629. The Balaban J connectivity index is 2.61. The van der Waals surface area contributed by atoms with Gasteiger partial charge in [0, 0.05) is 17.9 Å². The van der Waals surface area contributed by atoms with Gasteiger partial charge in [0.15, 0.2) is 5.78 Å². The van der Waals surface area contributed by atoms with Crippen molar-refractivity contribution >= 4 is 29.3 Å². The summed E-state index contributed by atoms with van der Waals surface area (Å²) in [6.07, 6.45) is 1.77. The second-order valence-corrected chi connectivity index (χ2v) is 5.80. The number of carbonyl (C=O) groups is 3. The van der Waals surface area contributed by atoms with Crippen molar-refractivity contribution in [2.45, 2.75) is 45.1 Å². The summed E-state index contributed by atoms with van der Waals surface area (Å²) in [5, 5.41) is 11.9. The lowest BCUT2D eigenvalue weighted by molar-refractivity contribution is -0.142. The van der Waals surface area contributed by atoms with Crippen molar-refractivity contribution in [1.82, 2.24) is 5.32 Å². The minimum Gasteiger partial charge on any atom is -0.496 e. The molecule has 0 heterocycles. The maximum atomic E-state index is 12.2. The highest BCUT2D eigenvalue weighted by Crippen LogP contribution is 2.24. The molecule has 0 bridgehead atoms. The number of benzene rings is 1. The molecular weight excluding hydrogens is 334 g/mol. The van der Waals surface area contributed by atoms with Crippen LogP contribution < -0.4 is 10.1 Å². The summed E-state index contributed by atoms with van der Waals surface area (Å²) in [4.78, 5) is 35.2. The standard InChI is InChI=1S/C17H22ClNO5/c1-3-4-5-13(17(22)23)19-16(21)9-7-14(20)12-10-11(18)6-8-15(12)24-2/h6,8,10,13H,3-5,7,9H2,1-2H3,(H,19,21)(H,22,23). The Morgan fingerprint density at radius 3 is 2.58 bits per heavy atom. The average Bonchev–Trinajstić information content (AvgIpc) is 2.56.